The number of carbonyl (C=O) groups is 1. The molecule has 0 bridgehead atoms. The highest BCUT2D eigenvalue weighted by Gasteiger charge is 2.05. The first-order valence-corrected chi connectivity index (χ1v) is 7.05. The first-order chi connectivity index (χ1) is 9.24. The van der Waals surface area contributed by atoms with E-state index in [1.54, 1.807) is 0 Å². The van der Waals surface area contributed by atoms with Crippen LogP contribution in [-0.2, 0) is 9.53 Å². The quantitative estimate of drug-likeness (QED) is 0.193. The van der Waals surface area contributed by atoms with E-state index in [0.717, 1.165) is 51.4 Å². The fourth-order valence-corrected chi connectivity index (χ4v) is 1.86. The molecule has 0 atom stereocenters. The molecular formula is C17H26O2. The number of unbranched alkanes of at least 4 members (excludes halogenated alkanes) is 4. The second-order valence-electron chi connectivity index (χ2n) is 4.60. The summed E-state index contributed by atoms with van der Waals surface area (Å²) in [5, 5.41) is 0. The Hall–Kier alpha value is -1.49. The topological polar surface area (TPSA) is 26.3 Å². The summed E-state index contributed by atoms with van der Waals surface area (Å²) in [5.41, 5.74) is 0. The van der Waals surface area contributed by atoms with Crippen molar-refractivity contribution in [3.8, 4) is 11.8 Å². The molecule has 0 unspecified atom stereocenters. The van der Waals surface area contributed by atoms with Gasteiger partial charge in [-0.15, -0.1) is 13.2 Å². The van der Waals surface area contributed by atoms with Crippen LogP contribution < -0.4 is 0 Å². The normalized spacial score (nSPS) is 9.58. The van der Waals surface area contributed by atoms with Gasteiger partial charge in [-0.3, -0.25) is 0 Å². The molecule has 0 amide bonds. The number of ether oxygens (including phenoxy) is 1. The van der Waals surface area contributed by atoms with E-state index in [4.69, 9.17) is 0 Å². The van der Waals surface area contributed by atoms with Crippen molar-refractivity contribution in [3.05, 3.63) is 25.3 Å². The van der Waals surface area contributed by atoms with Gasteiger partial charge in [-0.05, 0) is 38.5 Å². The molecule has 0 aromatic rings. The van der Waals surface area contributed by atoms with Gasteiger partial charge in [0.1, 0.15) is 0 Å². The number of esters is 1. The van der Waals surface area contributed by atoms with Gasteiger partial charge in [0.25, 0.3) is 0 Å². The molecule has 0 spiro atoms. The molecule has 19 heavy (non-hydrogen) atoms. The van der Waals surface area contributed by atoms with Gasteiger partial charge in [-0.2, -0.15) is 0 Å². The molecule has 0 aliphatic carbocycles. The van der Waals surface area contributed by atoms with Crippen LogP contribution in [-0.4, -0.2) is 13.1 Å². The Morgan fingerprint density at radius 2 is 1.63 bits per heavy atom. The summed E-state index contributed by atoms with van der Waals surface area (Å²) in [7, 11) is 1.36. The van der Waals surface area contributed by atoms with Gasteiger partial charge >= 0.3 is 5.97 Å². The highest BCUT2D eigenvalue weighted by molar-refractivity contribution is 5.88. The van der Waals surface area contributed by atoms with Crippen LogP contribution >= 0.6 is 0 Å². The molecule has 106 valence electrons. The van der Waals surface area contributed by atoms with E-state index in [1.807, 2.05) is 12.2 Å². The van der Waals surface area contributed by atoms with Crippen LogP contribution in [0.25, 0.3) is 0 Å². The molecule has 0 saturated carbocycles. The van der Waals surface area contributed by atoms with E-state index in [0.29, 0.717) is 5.92 Å². The van der Waals surface area contributed by atoms with Crippen LogP contribution in [0.5, 0.6) is 0 Å². The number of rotatable bonds is 10. The summed E-state index contributed by atoms with van der Waals surface area (Å²) >= 11 is 0. The molecule has 0 radical (unpaired) electrons. The summed E-state index contributed by atoms with van der Waals surface area (Å²) < 4.78 is 4.55. The molecule has 2 heteroatoms. The summed E-state index contributed by atoms with van der Waals surface area (Å²) in [6.45, 7) is 7.44. The van der Waals surface area contributed by atoms with Gasteiger partial charge in [0.2, 0.25) is 0 Å². The van der Waals surface area contributed by atoms with Gasteiger partial charge in [0, 0.05) is 11.8 Å². The molecule has 2 nitrogen and oxygen atoms in total. The van der Waals surface area contributed by atoms with Gasteiger partial charge in [-0.1, -0.05) is 30.9 Å². The highest BCUT2D eigenvalue weighted by atomic mass is 16.5. The monoisotopic (exact) mass is 262 g/mol. The van der Waals surface area contributed by atoms with Gasteiger partial charge in [0.15, 0.2) is 0 Å². The minimum atomic E-state index is -0.442. The second kappa shape index (κ2) is 13.0. The molecule has 0 aliphatic heterocycles. The summed E-state index contributed by atoms with van der Waals surface area (Å²) in [6.07, 6.45) is 12.6. The Morgan fingerprint density at radius 3 is 2.05 bits per heavy atom. The maximum atomic E-state index is 11.0. The average Bonchev–Trinajstić information content (AvgIpc) is 2.44. The van der Waals surface area contributed by atoms with Gasteiger partial charge in [-0.25, -0.2) is 4.79 Å². The van der Waals surface area contributed by atoms with E-state index >= 15 is 0 Å². The van der Waals surface area contributed by atoms with E-state index in [1.165, 1.54) is 7.11 Å². The number of hydrogen-bond acceptors (Lipinski definition) is 2. The van der Waals surface area contributed by atoms with Crippen LogP contribution in [0.2, 0.25) is 0 Å². The number of methoxy groups -OCH3 is 1. The predicted octanol–water partition coefficient (Wildman–Crippen LogP) is 4.27. The van der Waals surface area contributed by atoms with Crippen molar-refractivity contribution < 1.29 is 9.53 Å². The van der Waals surface area contributed by atoms with Crippen molar-refractivity contribution in [1.29, 1.82) is 0 Å². The van der Waals surface area contributed by atoms with Gasteiger partial charge in [0.05, 0.1) is 7.11 Å². The predicted molar refractivity (Wildman–Crippen MR) is 80.6 cm³/mol. The number of allylic oxidation sites excluding steroid dienone is 2. The van der Waals surface area contributed by atoms with Crippen molar-refractivity contribution in [2.75, 3.05) is 7.11 Å². The lowest BCUT2D eigenvalue weighted by Crippen LogP contribution is -2.01. The Kier molecular flexibility index (Phi) is 11.9. The number of carbonyl (C=O) groups excluding carboxylic acids is 1. The smallest absolute Gasteiger partial charge is 0.384 e. The van der Waals surface area contributed by atoms with E-state index in [2.05, 4.69) is 29.7 Å². The van der Waals surface area contributed by atoms with Crippen molar-refractivity contribution in [2.24, 2.45) is 5.92 Å². The molecule has 0 N–H and O–H groups in total. The Bertz CT molecular complexity index is 304. The fraction of sp³-hybridized carbons (Fsp3) is 0.588. The lowest BCUT2D eigenvalue weighted by Gasteiger charge is -2.09. The van der Waals surface area contributed by atoms with Crippen molar-refractivity contribution in [1.82, 2.24) is 0 Å². The van der Waals surface area contributed by atoms with E-state index in [-0.39, 0.29) is 0 Å². The van der Waals surface area contributed by atoms with Crippen LogP contribution in [0.3, 0.4) is 0 Å². The average molecular weight is 262 g/mol. The lowest BCUT2D eigenvalue weighted by atomic mass is 9.95. The third-order valence-electron chi connectivity index (χ3n) is 2.99. The standard InChI is InChI=1S/C17H26O2/c1-4-6-8-10-12-16(13-11-9-7-5-2)14-15-17(18)19-3/h4-5,16H,1-2,6-13H2,3H3. The Balaban J connectivity index is 4.11. The molecule has 0 rings (SSSR count). The molecular weight excluding hydrogens is 236 g/mol. The largest absolute Gasteiger partial charge is 0.459 e. The summed E-state index contributed by atoms with van der Waals surface area (Å²) in [6, 6.07) is 0. The maximum Gasteiger partial charge on any atom is 0.384 e. The van der Waals surface area contributed by atoms with Crippen molar-refractivity contribution >= 4 is 5.97 Å². The second-order valence-corrected chi connectivity index (χ2v) is 4.60. The van der Waals surface area contributed by atoms with Crippen molar-refractivity contribution in [3.63, 3.8) is 0 Å². The summed E-state index contributed by atoms with van der Waals surface area (Å²) in [5.74, 6) is 5.47. The fourth-order valence-electron chi connectivity index (χ4n) is 1.86. The number of hydrogen-bond donors (Lipinski definition) is 0. The highest BCUT2D eigenvalue weighted by Crippen LogP contribution is 2.17. The van der Waals surface area contributed by atoms with Crippen LogP contribution in [0, 0.1) is 17.8 Å². The molecule has 0 aromatic carbocycles. The zero-order valence-corrected chi connectivity index (χ0v) is 12.1. The molecule has 0 heterocycles. The van der Waals surface area contributed by atoms with E-state index in [9.17, 15) is 4.79 Å². The zero-order chi connectivity index (χ0) is 14.3. The minimum absolute atomic E-state index is 0.300. The Labute approximate surface area is 117 Å². The van der Waals surface area contributed by atoms with Crippen molar-refractivity contribution in [2.45, 2.75) is 51.4 Å². The van der Waals surface area contributed by atoms with Crippen LogP contribution in [0.4, 0.5) is 0 Å². The third kappa shape index (κ3) is 11.3. The van der Waals surface area contributed by atoms with E-state index < -0.39 is 5.97 Å². The summed E-state index contributed by atoms with van der Waals surface area (Å²) in [4.78, 5) is 11.0. The Morgan fingerprint density at radius 1 is 1.11 bits per heavy atom. The molecule has 0 aromatic heterocycles. The molecule has 0 saturated heterocycles. The third-order valence-corrected chi connectivity index (χ3v) is 2.99. The van der Waals surface area contributed by atoms with Crippen LogP contribution in [0.1, 0.15) is 51.4 Å². The first-order valence-electron chi connectivity index (χ1n) is 7.05. The first kappa shape index (κ1) is 17.5. The SMILES string of the molecule is C=CCCCCC(C#CC(=O)OC)CCCCC=C. The van der Waals surface area contributed by atoms with Gasteiger partial charge < -0.3 is 4.74 Å². The zero-order valence-electron chi connectivity index (χ0n) is 12.1. The minimum Gasteiger partial charge on any atom is -0.459 e. The van der Waals surface area contributed by atoms with Crippen LogP contribution in [0.15, 0.2) is 25.3 Å². The molecule has 0 fully saturated rings. The maximum absolute atomic E-state index is 11.0. The molecule has 0 aliphatic rings. The lowest BCUT2D eigenvalue weighted by molar-refractivity contribution is -0.133.